The summed E-state index contributed by atoms with van der Waals surface area (Å²) in [6.07, 6.45) is 1.76. The lowest BCUT2D eigenvalue weighted by molar-refractivity contribution is -0.116. The maximum atomic E-state index is 13.2. The maximum Gasteiger partial charge on any atom is 0.228 e. The van der Waals surface area contributed by atoms with Gasteiger partial charge in [-0.3, -0.25) is 9.59 Å². The van der Waals surface area contributed by atoms with Crippen LogP contribution in [0.2, 0.25) is 0 Å². The minimum Gasteiger partial charge on any atom is -0.496 e. The molecule has 1 aliphatic carbocycles. The quantitative estimate of drug-likeness (QED) is 0.901. The average molecular weight is 333 g/mol. The summed E-state index contributed by atoms with van der Waals surface area (Å²) in [6.45, 7) is 0. The van der Waals surface area contributed by atoms with Crippen LogP contribution < -0.4 is 19.5 Å². The van der Waals surface area contributed by atoms with Crippen LogP contribution in [-0.2, 0) is 9.53 Å². The number of fused-ring (bicyclic) bond motifs is 1. The van der Waals surface area contributed by atoms with Gasteiger partial charge in [0.2, 0.25) is 11.4 Å². The standard InChI is InChI=1S/C17H19NO6/c1-18-14-11(21-2)8-10-13(15(14)23-4)16(20)17(24-10)6-5-9(19)7-12(17)22-3/h7-8,18H,5-6H2,1-4H3. The number of carbonyl (C=O) groups excluding carboxylic acids is 2. The zero-order chi connectivity index (χ0) is 17.5. The van der Waals surface area contributed by atoms with Gasteiger partial charge in [-0.25, -0.2) is 0 Å². The first-order chi connectivity index (χ1) is 11.5. The van der Waals surface area contributed by atoms with Crippen molar-refractivity contribution in [3.05, 3.63) is 23.5 Å². The minimum absolute atomic E-state index is 0.0923. The molecule has 0 aromatic heterocycles. The van der Waals surface area contributed by atoms with Crippen molar-refractivity contribution >= 4 is 17.3 Å². The number of hydrogen-bond donors (Lipinski definition) is 1. The van der Waals surface area contributed by atoms with E-state index >= 15 is 0 Å². The molecule has 0 saturated heterocycles. The Morgan fingerprint density at radius 2 is 1.92 bits per heavy atom. The van der Waals surface area contributed by atoms with Gasteiger partial charge in [-0.15, -0.1) is 0 Å². The maximum absolute atomic E-state index is 13.2. The largest absolute Gasteiger partial charge is 0.496 e. The van der Waals surface area contributed by atoms with E-state index in [9.17, 15) is 9.59 Å². The minimum atomic E-state index is -1.32. The number of methoxy groups -OCH3 is 3. The van der Waals surface area contributed by atoms with Crippen LogP contribution in [0.15, 0.2) is 17.9 Å². The molecule has 3 rings (SSSR count). The third-order valence-electron chi connectivity index (χ3n) is 4.39. The van der Waals surface area contributed by atoms with Crippen LogP contribution in [0.4, 0.5) is 5.69 Å². The van der Waals surface area contributed by atoms with E-state index in [1.54, 1.807) is 13.1 Å². The van der Waals surface area contributed by atoms with Crippen molar-refractivity contribution in [2.24, 2.45) is 0 Å². The van der Waals surface area contributed by atoms with E-state index in [-0.39, 0.29) is 30.2 Å². The summed E-state index contributed by atoms with van der Waals surface area (Å²) < 4.78 is 22.1. The first kappa shape index (κ1) is 16.2. The summed E-state index contributed by atoms with van der Waals surface area (Å²) in [4.78, 5) is 24.9. The number of benzene rings is 1. The van der Waals surface area contributed by atoms with Crippen LogP contribution in [0.3, 0.4) is 0 Å². The van der Waals surface area contributed by atoms with Gasteiger partial charge in [-0.1, -0.05) is 0 Å². The molecule has 0 amide bonds. The third-order valence-corrected chi connectivity index (χ3v) is 4.39. The van der Waals surface area contributed by atoms with Crippen molar-refractivity contribution in [2.45, 2.75) is 18.4 Å². The number of anilines is 1. The molecule has 1 spiro atoms. The molecule has 1 N–H and O–H groups in total. The number of ketones is 2. The van der Waals surface area contributed by atoms with Gasteiger partial charge in [0.15, 0.2) is 17.3 Å². The molecule has 2 aliphatic rings. The van der Waals surface area contributed by atoms with Crippen LogP contribution in [0.1, 0.15) is 23.2 Å². The highest BCUT2D eigenvalue weighted by molar-refractivity contribution is 6.14. The topological polar surface area (TPSA) is 83.1 Å². The molecule has 0 fully saturated rings. The molecular weight excluding hydrogens is 314 g/mol. The summed E-state index contributed by atoms with van der Waals surface area (Å²) in [7, 11) is 6.13. The molecular formula is C17H19NO6. The second-order valence-electron chi connectivity index (χ2n) is 5.55. The zero-order valence-corrected chi connectivity index (χ0v) is 14.0. The normalized spacial score (nSPS) is 21.9. The van der Waals surface area contributed by atoms with Gasteiger partial charge < -0.3 is 24.3 Å². The van der Waals surface area contributed by atoms with Crippen LogP contribution >= 0.6 is 0 Å². The molecule has 0 saturated carbocycles. The number of ether oxygens (including phenoxy) is 4. The smallest absolute Gasteiger partial charge is 0.228 e. The van der Waals surface area contributed by atoms with Crippen molar-refractivity contribution in [2.75, 3.05) is 33.7 Å². The van der Waals surface area contributed by atoms with E-state index in [0.29, 0.717) is 28.5 Å². The molecule has 24 heavy (non-hydrogen) atoms. The highest BCUT2D eigenvalue weighted by Crippen LogP contribution is 2.52. The van der Waals surface area contributed by atoms with Crippen LogP contribution in [0.5, 0.6) is 17.2 Å². The molecule has 1 unspecified atom stereocenters. The fourth-order valence-corrected chi connectivity index (χ4v) is 3.25. The second kappa shape index (κ2) is 5.74. The SMILES string of the molecule is CNc1c(OC)cc2c(c1OC)C(=O)C1(CCC(=O)C=C1OC)O2. The van der Waals surface area contributed by atoms with Crippen LogP contribution in [-0.4, -0.2) is 45.5 Å². The van der Waals surface area contributed by atoms with Crippen molar-refractivity contribution in [3.63, 3.8) is 0 Å². The first-order valence-corrected chi connectivity index (χ1v) is 7.52. The Morgan fingerprint density at radius 3 is 2.50 bits per heavy atom. The molecule has 0 radical (unpaired) electrons. The fraction of sp³-hybridized carbons (Fsp3) is 0.412. The Kier molecular flexibility index (Phi) is 3.87. The van der Waals surface area contributed by atoms with Gasteiger partial charge in [-0.05, 0) is 0 Å². The predicted molar refractivity (Wildman–Crippen MR) is 86.1 cm³/mol. The molecule has 0 bridgehead atoms. The van der Waals surface area contributed by atoms with Gasteiger partial charge in [0.05, 0.1) is 21.3 Å². The third kappa shape index (κ3) is 2.04. The highest BCUT2D eigenvalue weighted by atomic mass is 16.6. The Bertz CT molecular complexity index is 754. The van der Waals surface area contributed by atoms with Crippen molar-refractivity contribution in [1.82, 2.24) is 0 Å². The van der Waals surface area contributed by atoms with Gasteiger partial charge in [0.25, 0.3) is 0 Å². The van der Waals surface area contributed by atoms with E-state index in [0.717, 1.165) is 0 Å². The molecule has 1 aromatic carbocycles. The van der Waals surface area contributed by atoms with Gasteiger partial charge in [-0.2, -0.15) is 0 Å². The molecule has 1 aromatic rings. The van der Waals surface area contributed by atoms with Crippen molar-refractivity contribution in [1.29, 1.82) is 0 Å². The van der Waals surface area contributed by atoms with E-state index < -0.39 is 5.60 Å². The predicted octanol–water partition coefficient (Wildman–Crippen LogP) is 1.95. The summed E-state index contributed by atoms with van der Waals surface area (Å²) in [6, 6.07) is 1.64. The van der Waals surface area contributed by atoms with E-state index in [1.165, 1.54) is 27.4 Å². The van der Waals surface area contributed by atoms with Gasteiger partial charge in [0, 0.05) is 32.0 Å². The van der Waals surface area contributed by atoms with E-state index in [1.807, 2.05) is 0 Å². The lowest BCUT2D eigenvalue weighted by Gasteiger charge is -2.30. The lowest BCUT2D eigenvalue weighted by Crippen LogP contribution is -2.45. The second-order valence-corrected chi connectivity index (χ2v) is 5.55. The Balaban J connectivity index is 2.21. The van der Waals surface area contributed by atoms with Gasteiger partial charge >= 0.3 is 0 Å². The fourth-order valence-electron chi connectivity index (χ4n) is 3.25. The van der Waals surface area contributed by atoms with Crippen molar-refractivity contribution in [3.8, 4) is 17.2 Å². The number of Topliss-reactive ketones (excluding diaryl/α,β-unsaturated/α-hetero) is 1. The average Bonchev–Trinajstić information content (AvgIpc) is 2.88. The molecule has 1 aliphatic heterocycles. The summed E-state index contributed by atoms with van der Waals surface area (Å²) >= 11 is 0. The zero-order valence-electron chi connectivity index (χ0n) is 14.0. The van der Waals surface area contributed by atoms with Crippen molar-refractivity contribution < 1.29 is 28.5 Å². The van der Waals surface area contributed by atoms with Crippen LogP contribution in [0, 0.1) is 0 Å². The molecule has 128 valence electrons. The number of hydrogen-bond acceptors (Lipinski definition) is 7. The molecule has 1 atom stereocenters. The Morgan fingerprint density at radius 1 is 1.17 bits per heavy atom. The molecule has 7 heteroatoms. The van der Waals surface area contributed by atoms with Crippen LogP contribution in [0.25, 0.3) is 0 Å². The number of nitrogens with one attached hydrogen (secondary N) is 1. The monoisotopic (exact) mass is 333 g/mol. The number of rotatable bonds is 4. The number of carbonyl (C=O) groups is 2. The Labute approximate surface area is 139 Å². The number of allylic oxidation sites excluding steroid dienone is 1. The highest BCUT2D eigenvalue weighted by Gasteiger charge is 2.55. The Hall–Kier alpha value is -2.70. The summed E-state index contributed by atoms with van der Waals surface area (Å²) in [5.41, 5.74) is -0.446. The van der Waals surface area contributed by atoms with E-state index in [4.69, 9.17) is 18.9 Å². The summed E-state index contributed by atoms with van der Waals surface area (Å²) in [5.74, 6) is 1.03. The molecule has 7 nitrogen and oxygen atoms in total. The lowest BCUT2D eigenvalue weighted by atomic mass is 9.83. The van der Waals surface area contributed by atoms with Gasteiger partial charge in [0.1, 0.15) is 22.7 Å². The first-order valence-electron chi connectivity index (χ1n) is 7.52. The van der Waals surface area contributed by atoms with E-state index in [2.05, 4.69) is 5.32 Å². The summed E-state index contributed by atoms with van der Waals surface area (Å²) in [5, 5.41) is 2.98. The molecule has 1 heterocycles.